The minimum absolute atomic E-state index is 0.0561. The summed E-state index contributed by atoms with van der Waals surface area (Å²) in [6.07, 6.45) is 1.33. The van der Waals surface area contributed by atoms with Gasteiger partial charge in [-0.25, -0.2) is 8.42 Å². The second kappa shape index (κ2) is 8.79. The van der Waals surface area contributed by atoms with Crippen LogP contribution in [0.2, 0.25) is 0 Å². The Hall–Kier alpha value is -1.40. The van der Waals surface area contributed by atoms with Crippen LogP contribution in [0.3, 0.4) is 0 Å². The third-order valence-corrected chi connectivity index (χ3v) is 4.83. The number of carbonyl (C=O) groups excluding carboxylic acids is 1. The second-order valence-corrected chi connectivity index (χ2v) is 7.10. The van der Waals surface area contributed by atoms with Crippen LogP contribution >= 0.6 is 0 Å². The van der Waals surface area contributed by atoms with Crippen molar-refractivity contribution in [3.8, 4) is 0 Å². The Balaban J connectivity index is 2.43. The topological polar surface area (TPSA) is 75.3 Å². The van der Waals surface area contributed by atoms with Crippen molar-refractivity contribution in [3.63, 3.8) is 0 Å². The highest BCUT2D eigenvalue weighted by molar-refractivity contribution is 7.91. The molecule has 1 aromatic rings. The minimum Gasteiger partial charge on any atom is -0.355 e. The largest absolute Gasteiger partial charge is 0.355 e. The lowest BCUT2D eigenvalue weighted by Gasteiger charge is -2.07. The maximum absolute atomic E-state index is 11.7. The molecule has 0 heterocycles. The SMILES string of the molecule is CCCNCCNC(=O)Cc1ccc(S(=O)(=O)CC)cc1. The Labute approximate surface area is 127 Å². The van der Waals surface area contributed by atoms with Gasteiger partial charge in [0.1, 0.15) is 0 Å². The number of amides is 1. The number of rotatable bonds is 9. The summed E-state index contributed by atoms with van der Waals surface area (Å²) >= 11 is 0. The van der Waals surface area contributed by atoms with Gasteiger partial charge in [-0.05, 0) is 30.7 Å². The Morgan fingerprint density at radius 3 is 2.29 bits per heavy atom. The van der Waals surface area contributed by atoms with Gasteiger partial charge in [-0.15, -0.1) is 0 Å². The predicted molar refractivity (Wildman–Crippen MR) is 84.0 cm³/mol. The van der Waals surface area contributed by atoms with E-state index in [4.69, 9.17) is 0 Å². The van der Waals surface area contributed by atoms with Gasteiger partial charge in [0.25, 0.3) is 0 Å². The number of sulfone groups is 1. The first-order valence-corrected chi connectivity index (χ1v) is 8.94. The molecule has 0 saturated carbocycles. The zero-order valence-corrected chi connectivity index (χ0v) is 13.5. The number of hydrogen-bond acceptors (Lipinski definition) is 4. The molecule has 1 amide bonds. The van der Waals surface area contributed by atoms with Gasteiger partial charge in [-0.3, -0.25) is 4.79 Å². The highest BCUT2D eigenvalue weighted by Crippen LogP contribution is 2.12. The van der Waals surface area contributed by atoms with Gasteiger partial charge in [0.05, 0.1) is 17.1 Å². The lowest BCUT2D eigenvalue weighted by Crippen LogP contribution is -2.32. The van der Waals surface area contributed by atoms with Crippen molar-refractivity contribution in [3.05, 3.63) is 29.8 Å². The van der Waals surface area contributed by atoms with Crippen molar-refractivity contribution in [1.82, 2.24) is 10.6 Å². The molecule has 0 aliphatic carbocycles. The summed E-state index contributed by atoms with van der Waals surface area (Å²) in [6, 6.07) is 6.50. The quantitative estimate of drug-likeness (QED) is 0.671. The molecule has 21 heavy (non-hydrogen) atoms. The van der Waals surface area contributed by atoms with Crippen molar-refractivity contribution in [2.24, 2.45) is 0 Å². The van der Waals surface area contributed by atoms with E-state index >= 15 is 0 Å². The van der Waals surface area contributed by atoms with Crippen molar-refractivity contribution in [2.75, 3.05) is 25.4 Å². The molecular weight excluding hydrogens is 288 g/mol. The monoisotopic (exact) mass is 312 g/mol. The molecule has 0 bridgehead atoms. The van der Waals surface area contributed by atoms with Crippen LogP contribution in [-0.4, -0.2) is 39.7 Å². The van der Waals surface area contributed by atoms with Crippen LogP contribution in [0.4, 0.5) is 0 Å². The average molecular weight is 312 g/mol. The molecule has 0 radical (unpaired) electrons. The summed E-state index contributed by atoms with van der Waals surface area (Å²) in [5, 5.41) is 6.03. The van der Waals surface area contributed by atoms with Crippen LogP contribution in [0, 0.1) is 0 Å². The van der Waals surface area contributed by atoms with Crippen LogP contribution in [-0.2, 0) is 21.1 Å². The Morgan fingerprint density at radius 1 is 1.05 bits per heavy atom. The average Bonchev–Trinajstić information content (AvgIpc) is 2.47. The smallest absolute Gasteiger partial charge is 0.224 e. The fourth-order valence-corrected chi connectivity index (χ4v) is 2.71. The summed E-state index contributed by atoms with van der Waals surface area (Å²) < 4.78 is 23.4. The standard InChI is InChI=1S/C15H24N2O3S/c1-3-9-16-10-11-17-15(18)12-13-5-7-14(8-6-13)21(19,20)4-2/h5-8,16H,3-4,9-12H2,1-2H3,(H,17,18). The zero-order valence-electron chi connectivity index (χ0n) is 12.7. The van der Waals surface area contributed by atoms with E-state index in [0.29, 0.717) is 11.4 Å². The molecule has 1 rings (SSSR count). The molecule has 6 heteroatoms. The molecule has 5 nitrogen and oxygen atoms in total. The maximum atomic E-state index is 11.7. The van der Waals surface area contributed by atoms with E-state index in [0.717, 1.165) is 25.1 Å². The maximum Gasteiger partial charge on any atom is 0.224 e. The van der Waals surface area contributed by atoms with E-state index in [1.165, 1.54) is 0 Å². The number of hydrogen-bond donors (Lipinski definition) is 2. The van der Waals surface area contributed by atoms with Crippen LogP contribution in [0.25, 0.3) is 0 Å². The Bertz CT molecular complexity index is 539. The van der Waals surface area contributed by atoms with Crippen molar-refractivity contribution >= 4 is 15.7 Å². The number of nitrogens with one attached hydrogen (secondary N) is 2. The van der Waals surface area contributed by atoms with E-state index in [9.17, 15) is 13.2 Å². The highest BCUT2D eigenvalue weighted by Gasteiger charge is 2.11. The molecule has 0 aliphatic rings. The summed E-state index contributed by atoms with van der Waals surface area (Å²) in [5.74, 6) is 0.0248. The molecule has 0 fully saturated rings. The van der Waals surface area contributed by atoms with Crippen molar-refractivity contribution < 1.29 is 13.2 Å². The van der Waals surface area contributed by atoms with Crippen molar-refractivity contribution in [2.45, 2.75) is 31.6 Å². The zero-order chi connectivity index (χ0) is 15.7. The summed E-state index contributed by atoms with van der Waals surface area (Å²) in [4.78, 5) is 12.0. The van der Waals surface area contributed by atoms with Crippen LogP contribution < -0.4 is 10.6 Å². The normalized spacial score (nSPS) is 11.3. The molecule has 0 spiro atoms. The third kappa shape index (κ3) is 6.27. The van der Waals surface area contributed by atoms with E-state index in [-0.39, 0.29) is 18.1 Å². The number of carbonyl (C=O) groups is 1. The number of benzene rings is 1. The molecule has 118 valence electrons. The summed E-state index contributed by atoms with van der Waals surface area (Å²) in [6.45, 7) is 6.01. The molecular formula is C15H24N2O3S. The molecule has 0 saturated heterocycles. The van der Waals surface area contributed by atoms with Gasteiger partial charge in [0.15, 0.2) is 9.84 Å². The van der Waals surface area contributed by atoms with Gasteiger partial charge >= 0.3 is 0 Å². The summed E-state index contributed by atoms with van der Waals surface area (Å²) in [7, 11) is -3.18. The van der Waals surface area contributed by atoms with E-state index in [1.807, 2.05) is 0 Å². The fraction of sp³-hybridized carbons (Fsp3) is 0.533. The van der Waals surface area contributed by atoms with Crippen molar-refractivity contribution in [1.29, 1.82) is 0 Å². The molecule has 0 aliphatic heterocycles. The van der Waals surface area contributed by atoms with E-state index < -0.39 is 9.84 Å². The molecule has 0 unspecified atom stereocenters. The first kappa shape index (κ1) is 17.7. The molecule has 0 aromatic heterocycles. The lowest BCUT2D eigenvalue weighted by atomic mass is 10.1. The first-order valence-electron chi connectivity index (χ1n) is 7.28. The predicted octanol–water partition coefficient (Wildman–Crippen LogP) is 1.14. The molecule has 2 N–H and O–H groups in total. The van der Waals surface area contributed by atoms with Crippen LogP contribution in [0.1, 0.15) is 25.8 Å². The van der Waals surface area contributed by atoms with E-state index in [2.05, 4.69) is 17.6 Å². The highest BCUT2D eigenvalue weighted by atomic mass is 32.2. The van der Waals surface area contributed by atoms with Gasteiger partial charge in [-0.1, -0.05) is 26.0 Å². The van der Waals surface area contributed by atoms with Gasteiger partial charge in [-0.2, -0.15) is 0 Å². The van der Waals surface area contributed by atoms with E-state index in [1.54, 1.807) is 31.2 Å². The van der Waals surface area contributed by atoms with Crippen LogP contribution in [0.15, 0.2) is 29.2 Å². The first-order chi connectivity index (χ1) is 9.99. The van der Waals surface area contributed by atoms with Gasteiger partial charge in [0.2, 0.25) is 5.91 Å². The Morgan fingerprint density at radius 2 is 1.71 bits per heavy atom. The minimum atomic E-state index is -3.18. The second-order valence-electron chi connectivity index (χ2n) is 4.82. The lowest BCUT2D eigenvalue weighted by molar-refractivity contribution is -0.120. The van der Waals surface area contributed by atoms with Gasteiger partial charge < -0.3 is 10.6 Å². The fourth-order valence-electron chi connectivity index (χ4n) is 1.82. The van der Waals surface area contributed by atoms with Gasteiger partial charge in [0, 0.05) is 13.1 Å². The molecule has 0 atom stereocenters. The summed E-state index contributed by atoms with van der Waals surface area (Å²) in [5.41, 5.74) is 0.809. The molecule has 1 aromatic carbocycles. The third-order valence-electron chi connectivity index (χ3n) is 3.08. The Kier molecular flexibility index (Phi) is 7.39. The van der Waals surface area contributed by atoms with Crippen LogP contribution in [0.5, 0.6) is 0 Å².